The van der Waals surface area contributed by atoms with Gasteiger partial charge in [-0.3, -0.25) is 0 Å². The number of unbranched alkanes of at least 4 members (excludes halogenated alkanes) is 2. The van der Waals surface area contributed by atoms with Crippen molar-refractivity contribution < 1.29 is 0 Å². The highest BCUT2D eigenvalue weighted by Gasteiger charge is 2.21. The largest absolute Gasteiger partial charge is 0.0985 e. The molecule has 0 atom stereocenters. The van der Waals surface area contributed by atoms with Crippen molar-refractivity contribution in [1.82, 2.24) is 0 Å². The number of hydrogen-bond acceptors (Lipinski definition) is 0. The van der Waals surface area contributed by atoms with Gasteiger partial charge >= 0.3 is 0 Å². The third kappa shape index (κ3) is 4.23. The minimum Gasteiger partial charge on any atom is -0.0985 e. The van der Waals surface area contributed by atoms with Gasteiger partial charge < -0.3 is 0 Å². The average molecular weight is 256 g/mol. The zero-order chi connectivity index (χ0) is 13.5. The Morgan fingerprint density at radius 1 is 1.05 bits per heavy atom. The van der Waals surface area contributed by atoms with Gasteiger partial charge in [0.05, 0.1) is 0 Å². The molecule has 1 saturated carbocycles. The second-order valence-electron chi connectivity index (χ2n) is 6.08. The third-order valence-corrected chi connectivity index (χ3v) is 4.71. The van der Waals surface area contributed by atoms with Crippen molar-refractivity contribution in [2.75, 3.05) is 0 Å². The first kappa shape index (κ1) is 14.4. The summed E-state index contributed by atoms with van der Waals surface area (Å²) < 4.78 is 0. The Bertz CT molecular complexity index is 366. The summed E-state index contributed by atoms with van der Waals surface area (Å²) in [5.41, 5.74) is 2.77. The molecule has 2 rings (SSSR count). The predicted molar refractivity (Wildman–Crippen MR) is 85.4 cm³/mol. The summed E-state index contributed by atoms with van der Waals surface area (Å²) in [4.78, 5) is 0. The van der Waals surface area contributed by atoms with E-state index in [0.29, 0.717) is 0 Å². The van der Waals surface area contributed by atoms with E-state index in [1.165, 1.54) is 62.5 Å². The molecule has 19 heavy (non-hydrogen) atoms. The first-order valence-corrected chi connectivity index (χ1v) is 8.06. The lowest BCUT2D eigenvalue weighted by atomic mass is 9.77. The molecule has 0 unspecified atom stereocenters. The average Bonchev–Trinajstić information content (AvgIpc) is 2.48. The van der Waals surface area contributed by atoms with E-state index in [4.69, 9.17) is 0 Å². The molecule has 0 spiro atoms. The molecule has 0 heteroatoms. The van der Waals surface area contributed by atoms with Gasteiger partial charge in [-0.05, 0) is 48.6 Å². The van der Waals surface area contributed by atoms with Crippen LogP contribution < -0.4 is 0 Å². The van der Waals surface area contributed by atoms with Crippen LogP contribution in [-0.2, 0) is 0 Å². The van der Waals surface area contributed by atoms with Gasteiger partial charge in [-0.1, -0.05) is 69.5 Å². The standard InChI is InChI=1S/C19H28/c1-3-5-6-7-17-10-14-19(15-11-17)18-12-8-16(4-2)9-13-18/h4,8-9,12-13,17,19H,2-3,5-7,10-11,14-15H2,1H3. The molecule has 0 saturated heterocycles. The molecule has 1 aliphatic carbocycles. The highest BCUT2D eigenvalue weighted by atomic mass is 14.3. The Labute approximate surface area is 118 Å². The number of hydrogen-bond donors (Lipinski definition) is 0. The van der Waals surface area contributed by atoms with Crippen molar-refractivity contribution in [3.05, 3.63) is 42.0 Å². The highest BCUT2D eigenvalue weighted by Crippen LogP contribution is 2.37. The van der Waals surface area contributed by atoms with Crippen LogP contribution in [0.2, 0.25) is 0 Å². The Hall–Kier alpha value is -1.04. The van der Waals surface area contributed by atoms with Crippen LogP contribution in [0, 0.1) is 5.92 Å². The molecular formula is C19H28. The summed E-state index contributed by atoms with van der Waals surface area (Å²) in [6.07, 6.45) is 13.3. The van der Waals surface area contributed by atoms with E-state index in [9.17, 15) is 0 Å². The van der Waals surface area contributed by atoms with Gasteiger partial charge in [0.15, 0.2) is 0 Å². The predicted octanol–water partition coefficient (Wildman–Crippen LogP) is 6.18. The topological polar surface area (TPSA) is 0 Å². The molecular weight excluding hydrogens is 228 g/mol. The molecule has 0 bridgehead atoms. The van der Waals surface area contributed by atoms with Crippen LogP contribution in [0.25, 0.3) is 6.08 Å². The first-order chi connectivity index (χ1) is 9.33. The van der Waals surface area contributed by atoms with Gasteiger partial charge in [0.2, 0.25) is 0 Å². The van der Waals surface area contributed by atoms with Crippen LogP contribution in [0.15, 0.2) is 30.8 Å². The molecule has 104 valence electrons. The summed E-state index contributed by atoms with van der Waals surface area (Å²) in [5, 5.41) is 0. The highest BCUT2D eigenvalue weighted by molar-refractivity contribution is 5.47. The van der Waals surface area contributed by atoms with Gasteiger partial charge in [0.1, 0.15) is 0 Å². The van der Waals surface area contributed by atoms with E-state index in [2.05, 4.69) is 37.8 Å². The number of benzene rings is 1. The third-order valence-electron chi connectivity index (χ3n) is 4.71. The smallest absolute Gasteiger partial charge is 0.0162 e. The molecule has 0 nitrogen and oxygen atoms in total. The van der Waals surface area contributed by atoms with Crippen LogP contribution in [0.3, 0.4) is 0 Å². The van der Waals surface area contributed by atoms with Crippen LogP contribution >= 0.6 is 0 Å². The van der Waals surface area contributed by atoms with Crippen molar-refractivity contribution in [3.8, 4) is 0 Å². The lowest BCUT2D eigenvalue weighted by molar-refractivity contribution is 0.303. The summed E-state index contributed by atoms with van der Waals surface area (Å²) >= 11 is 0. The quantitative estimate of drug-likeness (QED) is 0.533. The molecule has 0 aliphatic heterocycles. The van der Waals surface area contributed by atoms with Crippen LogP contribution in [0.4, 0.5) is 0 Å². The Morgan fingerprint density at radius 3 is 2.32 bits per heavy atom. The zero-order valence-electron chi connectivity index (χ0n) is 12.4. The second-order valence-corrected chi connectivity index (χ2v) is 6.08. The lowest BCUT2D eigenvalue weighted by Crippen LogP contribution is -2.13. The molecule has 0 radical (unpaired) electrons. The molecule has 0 N–H and O–H groups in total. The van der Waals surface area contributed by atoms with E-state index in [0.717, 1.165) is 11.8 Å². The van der Waals surface area contributed by atoms with Gasteiger partial charge in [0.25, 0.3) is 0 Å². The SMILES string of the molecule is C=Cc1ccc(C2CCC(CCCCC)CC2)cc1. The summed E-state index contributed by atoms with van der Waals surface area (Å²) in [7, 11) is 0. The molecule has 1 aliphatic rings. The molecule has 1 fully saturated rings. The van der Waals surface area contributed by atoms with Gasteiger partial charge in [-0.2, -0.15) is 0 Å². The van der Waals surface area contributed by atoms with Crippen LogP contribution in [0.1, 0.15) is 75.3 Å². The van der Waals surface area contributed by atoms with Gasteiger partial charge in [0, 0.05) is 0 Å². The summed E-state index contributed by atoms with van der Waals surface area (Å²) in [6.45, 7) is 6.11. The van der Waals surface area contributed by atoms with Crippen molar-refractivity contribution in [2.45, 2.75) is 64.2 Å². The molecule has 1 aromatic rings. The monoisotopic (exact) mass is 256 g/mol. The minimum atomic E-state index is 0.807. The Balaban J connectivity index is 1.80. The second kappa shape index (κ2) is 7.53. The Kier molecular flexibility index (Phi) is 5.69. The molecule has 0 heterocycles. The molecule has 1 aromatic carbocycles. The maximum Gasteiger partial charge on any atom is -0.0162 e. The molecule has 0 amide bonds. The van der Waals surface area contributed by atoms with Crippen molar-refractivity contribution in [2.24, 2.45) is 5.92 Å². The fraction of sp³-hybridized carbons (Fsp3) is 0.579. The van der Waals surface area contributed by atoms with Crippen molar-refractivity contribution in [3.63, 3.8) is 0 Å². The van der Waals surface area contributed by atoms with Gasteiger partial charge in [-0.15, -0.1) is 0 Å². The van der Waals surface area contributed by atoms with E-state index >= 15 is 0 Å². The number of rotatable bonds is 6. The van der Waals surface area contributed by atoms with E-state index in [1.807, 2.05) is 6.08 Å². The van der Waals surface area contributed by atoms with Crippen LogP contribution in [-0.4, -0.2) is 0 Å². The summed E-state index contributed by atoms with van der Waals surface area (Å²) in [6, 6.07) is 9.02. The maximum atomic E-state index is 3.82. The lowest BCUT2D eigenvalue weighted by Gasteiger charge is -2.29. The zero-order valence-corrected chi connectivity index (χ0v) is 12.4. The van der Waals surface area contributed by atoms with Crippen molar-refractivity contribution >= 4 is 6.08 Å². The molecule has 0 aromatic heterocycles. The van der Waals surface area contributed by atoms with E-state index in [-0.39, 0.29) is 0 Å². The fourth-order valence-electron chi connectivity index (χ4n) is 3.37. The van der Waals surface area contributed by atoms with E-state index < -0.39 is 0 Å². The van der Waals surface area contributed by atoms with Crippen molar-refractivity contribution in [1.29, 1.82) is 0 Å². The first-order valence-electron chi connectivity index (χ1n) is 8.06. The summed E-state index contributed by atoms with van der Waals surface area (Å²) in [5.74, 6) is 1.82. The maximum absolute atomic E-state index is 3.82. The normalized spacial score (nSPS) is 23.2. The Morgan fingerprint density at radius 2 is 1.74 bits per heavy atom. The van der Waals surface area contributed by atoms with Gasteiger partial charge in [-0.25, -0.2) is 0 Å². The minimum absolute atomic E-state index is 0.807. The fourth-order valence-corrected chi connectivity index (χ4v) is 3.37. The van der Waals surface area contributed by atoms with Crippen LogP contribution in [0.5, 0.6) is 0 Å². The van der Waals surface area contributed by atoms with E-state index in [1.54, 1.807) is 0 Å².